The van der Waals surface area contributed by atoms with Crippen molar-refractivity contribution >= 4 is 47.2 Å². The van der Waals surface area contributed by atoms with Gasteiger partial charge in [-0.3, -0.25) is 20.0 Å². The van der Waals surface area contributed by atoms with E-state index >= 15 is 0 Å². The maximum absolute atomic E-state index is 10.9. The SMILES string of the molecule is CN=C(NCc1cccc([N+](=O)[O-])c1)NC1CCN(Cc2ccc(Cl)cc2)CC1.I. The predicted octanol–water partition coefficient (Wildman–Crippen LogP) is 4.20. The molecule has 0 radical (unpaired) electrons. The van der Waals surface area contributed by atoms with Crippen molar-refractivity contribution in [3.05, 3.63) is 74.8 Å². The Kier molecular flexibility index (Phi) is 9.80. The number of nitrogens with one attached hydrogen (secondary N) is 2. The molecule has 2 aromatic rings. The Morgan fingerprint density at radius 2 is 1.90 bits per heavy atom. The van der Waals surface area contributed by atoms with E-state index in [1.165, 1.54) is 11.6 Å². The van der Waals surface area contributed by atoms with Crippen molar-refractivity contribution in [3.63, 3.8) is 0 Å². The van der Waals surface area contributed by atoms with Gasteiger partial charge in [-0.25, -0.2) is 0 Å². The van der Waals surface area contributed by atoms with Crippen LogP contribution < -0.4 is 10.6 Å². The van der Waals surface area contributed by atoms with Crippen LogP contribution in [0.5, 0.6) is 0 Å². The molecule has 1 heterocycles. The van der Waals surface area contributed by atoms with Crippen molar-refractivity contribution in [1.29, 1.82) is 0 Å². The minimum absolute atomic E-state index is 0. The standard InChI is InChI=1S/C21H26ClN5O2.HI/c1-23-21(24-14-17-3-2-4-20(13-17)27(28)29)25-19-9-11-26(12-10-19)15-16-5-7-18(22)8-6-16;/h2-8,13,19H,9-12,14-15H2,1H3,(H2,23,24,25);1H. The molecule has 0 unspecified atom stereocenters. The van der Waals surface area contributed by atoms with Crippen LogP contribution >= 0.6 is 35.6 Å². The molecule has 0 spiro atoms. The first-order valence-electron chi connectivity index (χ1n) is 9.71. The molecule has 9 heteroatoms. The largest absolute Gasteiger partial charge is 0.354 e. The van der Waals surface area contributed by atoms with Gasteiger partial charge in [0.2, 0.25) is 0 Å². The van der Waals surface area contributed by atoms with Gasteiger partial charge in [0.05, 0.1) is 4.92 Å². The molecule has 3 rings (SSSR count). The predicted molar refractivity (Wildman–Crippen MR) is 132 cm³/mol. The van der Waals surface area contributed by atoms with Crippen molar-refractivity contribution < 1.29 is 4.92 Å². The highest BCUT2D eigenvalue weighted by molar-refractivity contribution is 14.0. The highest BCUT2D eigenvalue weighted by atomic mass is 127. The summed E-state index contributed by atoms with van der Waals surface area (Å²) in [4.78, 5) is 17.3. The number of nitro groups is 1. The van der Waals surface area contributed by atoms with Gasteiger partial charge in [-0.1, -0.05) is 35.9 Å². The fraction of sp³-hybridized carbons (Fsp3) is 0.381. The molecule has 1 aliphatic heterocycles. The van der Waals surface area contributed by atoms with Crippen LogP contribution in [0.1, 0.15) is 24.0 Å². The zero-order valence-corrected chi connectivity index (χ0v) is 20.0. The van der Waals surface area contributed by atoms with Crippen LogP contribution in [-0.2, 0) is 13.1 Å². The number of benzene rings is 2. The third-order valence-corrected chi connectivity index (χ3v) is 5.30. The van der Waals surface area contributed by atoms with Crippen LogP contribution in [0.25, 0.3) is 0 Å². The molecule has 0 saturated carbocycles. The van der Waals surface area contributed by atoms with E-state index in [2.05, 4.69) is 32.7 Å². The second-order valence-electron chi connectivity index (χ2n) is 7.17. The molecule has 30 heavy (non-hydrogen) atoms. The lowest BCUT2D eigenvalue weighted by Gasteiger charge is -2.33. The number of hydrogen-bond acceptors (Lipinski definition) is 4. The summed E-state index contributed by atoms with van der Waals surface area (Å²) in [5, 5.41) is 18.4. The second-order valence-corrected chi connectivity index (χ2v) is 7.61. The zero-order valence-electron chi connectivity index (χ0n) is 16.9. The average molecular weight is 544 g/mol. The average Bonchev–Trinajstić information content (AvgIpc) is 2.74. The minimum Gasteiger partial charge on any atom is -0.354 e. The molecule has 7 nitrogen and oxygen atoms in total. The highest BCUT2D eigenvalue weighted by Gasteiger charge is 2.20. The van der Waals surface area contributed by atoms with Crippen LogP contribution in [0.15, 0.2) is 53.5 Å². The second kappa shape index (κ2) is 12.1. The molecule has 0 aromatic heterocycles. The van der Waals surface area contributed by atoms with Crippen molar-refractivity contribution in [2.24, 2.45) is 4.99 Å². The summed E-state index contributed by atoms with van der Waals surface area (Å²) in [6, 6.07) is 15.0. The van der Waals surface area contributed by atoms with Gasteiger partial charge in [-0.15, -0.1) is 24.0 Å². The summed E-state index contributed by atoms with van der Waals surface area (Å²) in [7, 11) is 1.73. The summed E-state index contributed by atoms with van der Waals surface area (Å²) in [6.07, 6.45) is 2.07. The molecule has 2 aromatic carbocycles. The van der Waals surface area contributed by atoms with Crippen molar-refractivity contribution in [3.8, 4) is 0 Å². The number of hydrogen-bond donors (Lipinski definition) is 2. The molecular weight excluding hydrogens is 517 g/mol. The van der Waals surface area contributed by atoms with E-state index in [4.69, 9.17) is 11.6 Å². The van der Waals surface area contributed by atoms with Crippen LogP contribution in [0.2, 0.25) is 5.02 Å². The number of nitrogens with zero attached hydrogens (tertiary/aromatic N) is 3. The number of rotatable bonds is 6. The van der Waals surface area contributed by atoms with Crippen LogP contribution in [0.4, 0.5) is 5.69 Å². The Bertz CT molecular complexity index is 855. The van der Waals surface area contributed by atoms with Gasteiger partial charge in [0.1, 0.15) is 0 Å². The fourth-order valence-corrected chi connectivity index (χ4v) is 3.56. The molecule has 0 amide bonds. The molecule has 1 fully saturated rings. The number of aliphatic imine (C=N–C) groups is 1. The summed E-state index contributed by atoms with van der Waals surface area (Å²) in [5.41, 5.74) is 2.22. The molecule has 1 aliphatic rings. The van der Waals surface area contributed by atoms with Crippen LogP contribution in [0.3, 0.4) is 0 Å². The van der Waals surface area contributed by atoms with Gasteiger partial charge in [0.15, 0.2) is 5.96 Å². The maximum Gasteiger partial charge on any atom is 0.269 e. The van der Waals surface area contributed by atoms with Crippen LogP contribution in [0, 0.1) is 10.1 Å². The van der Waals surface area contributed by atoms with Crippen molar-refractivity contribution in [1.82, 2.24) is 15.5 Å². The number of nitro benzene ring substituents is 1. The van der Waals surface area contributed by atoms with E-state index in [-0.39, 0.29) is 34.6 Å². The Balaban J connectivity index is 0.00000320. The van der Waals surface area contributed by atoms with Crippen molar-refractivity contribution in [2.75, 3.05) is 20.1 Å². The number of likely N-dealkylation sites (tertiary alicyclic amines) is 1. The Morgan fingerprint density at radius 1 is 1.20 bits per heavy atom. The molecule has 0 aliphatic carbocycles. The Hall–Kier alpha value is -1.91. The number of piperidine rings is 1. The molecule has 0 bridgehead atoms. The number of halogens is 2. The highest BCUT2D eigenvalue weighted by Crippen LogP contribution is 2.16. The van der Waals surface area contributed by atoms with E-state index in [9.17, 15) is 10.1 Å². The Labute approximate surface area is 199 Å². The molecular formula is C21H27ClIN5O2. The fourth-order valence-electron chi connectivity index (χ4n) is 3.44. The van der Waals surface area contributed by atoms with E-state index in [1.54, 1.807) is 19.2 Å². The van der Waals surface area contributed by atoms with Gasteiger partial charge in [-0.2, -0.15) is 0 Å². The first-order chi connectivity index (χ1) is 14.0. The van der Waals surface area contributed by atoms with E-state index in [0.29, 0.717) is 18.5 Å². The van der Waals surface area contributed by atoms with E-state index in [0.717, 1.165) is 43.1 Å². The Morgan fingerprint density at radius 3 is 2.53 bits per heavy atom. The number of guanidine groups is 1. The minimum atomic E-state index is -0.381. The molecule has 162 valence electrons. The molecule has 1 saturated heterocycles. The van der Waals surface area contributed by atoms with E-state index in [1.807, 2.05) is 18.2 Å². The molecule has 2 N–H and O–H groups in total. The lowest BCUT2D eigenvalue weighted by Crippen LogP contribution is -2.48. The summed E-state index contributed by atoms with van der Waals surface area (Å²) < 4.78 is 0. The first-order valence-corrected chi connectivity index (χ1v) is 10.1. The summed E-state index contributed by atoms with van der Waals surface area (Å²) in [6.45, 7) is 3.45. The normalized spacial score (nSPS) is 15.3. The van der Waals surface area contributed by atoms with Gasteiger partial charge in [0, 0.05) is 56.4 Å². The maximum atomic E-state index is 10.9. The summed E-state index contributed by atoms with van der Waals surface area (Å²) >= 11 is 5.95. The zero-order chi connectivity index (χ0) is 20.6. The lowest BCUT2D eigenvalue weighted by atomic mass is 10.0. The third kappa shape index (κ3) is 7.41. The third-order valence-electron chi connectivity index (χ3n) is 5.05. The first kappa shape index (κ1) is 24.4. The van der Waals surface area contributed by atoms with Crippen LogP contribution in [-0.4, -0.2) is 42.0 Å². The van der Waals surface area contributed by atoms with Gasteiger partial charge in [-0.05, 0) is 36.1 Å². The number of non-ortho nitro benzene ring substituents is 1. The topological polar surface area (TPSA) is 82.8 Å². The monoisotopic (exact) mass is 543 g/mol. The van der Waals surface area contributed by atoms with Crippen molar-refractivity contribution in [2.45, 2.75) is 32.0 Å². The van der Waals surface area contributed by atoms with Gasteiger partial charge < -0.3 is 10.6 Å². The summed E-state index contributed by atoms with van der Waals surface area (Å²) in [5.74, 6) is 0.715. The quantitative estimate of drug-likeness (QED) is 0.188. The van der Waals surface area contributed by atoms with Gasteiger partial charge in [0.25, 0.3) is 5.69 Å². The lowest BCUT2D eigenvalue weighted by molar-refractivity contribution is -0.384. The van der Waals surface area contributed by atoms with E-state index < -0.39 is 0 Å². The van der Waals surface area contributed by atoms with Gasteiger partial charge >= 0.3 is 0 Å². The molecule has 0 atom stereocenters. The smallest absolute Gasteiger partial charge is 0.269 e.